The molecule has 0 radical (unpaired) electrons. The lowest BCUT2D eigenvalue weighted by molar-refractivity contribution is 0.387. The average Bonchev–Trinajstić information content (AvgIpc) is 2.50. The van der Waals surface area contributed by atoms with E-state index >= 15 is 0 Å². The number of aromatic nitrogens is 2. The maximum atomic E-state index is 5.80. The number of nitrogens with one attached hydrogen (secondary N) is 1. The van der Waals surface area contributed by atoms with Gasteiger partial charge in [-0.15, -0.1) is 16.7 Å². The normalized spacial score (nSPS) is 13.9. The van der Waals surface area contributed by atoms with Crippen LogP contribution in [0, 0.1) is 5.41 Å². The topological polar surface area (TPSA) is 51.0 Å². The zero-order valence-electron chi connectivity index (χ0n) is 9.67. The molecule has 0 aliphatic heterocycles. The van der Waals surface area contributed by atoms with E-state index in [4.69, 9.17) is 16.0 Å². The molecule has 1 heterocycles. The highest BCUT2D eigenvalue weighted by Crippen LogP contribution is 2.21. The number of alkyl halides is 1. The number of halogens is 1. The van der Waals surface area contributed by atoms with Crippen molar-refractivity contribution in [2.24, 2.45) is 5.41 Å². The molecule has 0 aromatic carbocycles. The van der Waals surface area contributed by atoms with Crippen LogP contribution in [0.1, 0.15) is 45.4 Å². The smallest absolute Gasteiger partial charge is 0.315 e. The molecule has 0 aliphatic carbocycles. The molecule has 0 amide bonds. The Morgan fingerprint density at radius 1 is 1.40 bits per heavy atom. The van der Waals surface area contributed by atoms with Gasteiger partial charge in [-0.1, -0.05) is 25.9 Å². The summed E-state index contributed by atoms with van der Waals surface area (Å²) in [5.41, 5.74) is 0.301. The van der Waals surface area contributed by atoms with Crippen LogP contribution < -0.4 is 5.32 Å². The Balaban J connectivity index is 2.38. The fourth-order valence-corrected chi connectivity index (χ4v) is 1.10. The summed E-state index contributed by atoms with van der Waals surface area (Å²) in [6, 6.07) is 0.446. The van der Waals surface area contributed by atoms with Crippen LogP contribution in [0.15, 0.2) is 4.42 Å². The van der Waals surface area contributed by atoms with Gasteiger partial charge in [0.1, 0.15) is 5.38 Å². The third-order valence-electron chi connectivity index (χ3n) is 1.93. The van der Waals surface area contributed by atoms with Gasteiger partial charge < -0.3 is 9.73 Å². The average molecular weight is 232 g/mol. The van der Waals surface area contributed by atoms with Gasteiger partial charge in [-0.2, -0.15) is 0 Å². The standard InChI is InChI=1S/C10H18ClN3O/c1-7(11)8-13-14-9(15-8)12-6-5-10(2,3)4/h7H,5-6H2,1-4H3,(H,12,14). The van der Waals surface area contributed by atoms with Gasteiger partial charge in [0.15, 0.2) is 0 Å². The fraction of sp³-hybridized carbons (Fsp3) is 0.800. The fourth-order valence-electron chi connectivity index (χ4n) is 1.01. The van der Waals surface area contributed by atoms with Gasteiger partial charge in [0.2, 0.25) is 5.89 Å². The van der Waals surface area contributed by atoms with E-state index in [1.807, 2.05) is 0 Å². The quantitative estimate of drug-likeness (QED) is 0.809. The minimum Gasteiger partial charge on any atom is -0.407 e. The van der Waals surface area contributed by atoms with Gasteiger partial charge in [-0.25, -0.2) is 0 Å². The molecular formula is C10H18ClN3O. The molecule has 0 saturated carbocycles. The molecule has 15 heavy (non-hydrogen) atoms. The molecule has 86 valence electrons. The Labute approximate surface area is 95.4 Å². The van der Waals surface area contributed by atoms with E-state index in [0.717, 1.165) is 13.0 Å². The lowest BCUT2D eigenvalue weighted by Gasteiger charge is -2.17. The van der Waals surface area contributed by atoms with Gasteiger partial charge in [0.05, 0.1) is 0 Å². The number of rotatable bonds is 4. The maximum absolute atomic E-state index is 5.80. The van der Waals surface area contributed by atoms with E-state index in [1.165, 1.54) is 0 Å². The predicted molar refractivity (Wildman–Crippen MR) is 61.1 cm³/mol. The molecule has 1 unspecified atom stereocenters. The number of hydrogen-bond donors (Lipinski definition) is 1. The molecule has 0 bridgehead atoms. The molecule has 1 atom stereocenters. The first-order valence-corrected chi connectivity index (χ1v) is 5.53. The van der Waals surface area contributed by atoms with Crippen molar-refractivity contribution in [2.75, 3.05) is 11.9 Å². The summed E-state index contributed by atoms with van der Waals surface area (Å²) in [5, 5.41) is 10.5. The highest BCUT2D eigenvalue weighted by Gasteiger charge is 2.12. The van der Waals surface area contributed by atoms with E-state index in [0.29, 0.717) is 17.3 Å². The van der Waals surface area contributed by atoms with Crippen LogP contribution >= 0.6 is 11.6 Å². The Morgan fingerprint density at radius 3 is 2.53 bits per heavy atom. The van der Waals surface area contributed by atoms with Crippen LogP contribution in [-0.2, 0) is 0 Å². The Kier molecular flexibility index (Phi) is 3.97. The molecule has 4 nitrogen and oxygen atoms in total. The van der Waals surface area contributed by atoms with Crippen LogP contribution in [0.2, 0.25) is 0 Å². The Hall–Kier alpha value is -0.770. The summed E-state index contributed by atoms with van der Waals surface area (Å²) < 4.78 is 5.29. The second-order valence-electron chi connectivity index (χ2n) is 4.80. The van der Waals surface area contributed by atoms with Crippen molar-refractivity contribution >= 4 is 17.6 Å². The maximum Gasteiger partial charge on any atom is 0.315 e. The van der Waals surface area contributed by atoms with Crippen LogP contribution in [0.5, 0.6) is 0 Å². The van der Waals surface area contributed by atoms with Crippen molar-refractivity contribution < 1.29 is 4.42 Å². The van der Waals surface area contributed by atoms with Gasteiger partial charge in [-0.3, -0.25) is 0 Å². The van der Waals surface area contributed by atoms with Crippen molar-refractivity contribution in [3.63, 3.8) is 0 Å². The van der Waals surface area contributed by atoms with E-state index in [9.17, 15) is 0 Å². The van der Waals surface area contributed by atoms with Crippen molar-refractivity contribution in [1.29, 1.82) is 0 Å². The van der Waals surface area contributed by atoms with Gasteiger partial charge in [0, 0.05) is 6.54 Å². The molecule has 1 rings (SSSR count). The van der Waals surface area contributed by atoms with Crippen molar-refractivity contribution in [2.45, 2.75) is 39.5 Å². The van der Waals surface area contributed by atoms with E-state index in [1.54, 1.807) is 6.92 Å². The third kappa shape index (κ3) is 4.51. The molecule has 0 saturated heterocycles. The Morgan fingerprint density at radius 2 is 2.07 bits per heavy atom. The predicted octanol–water partition coefficient (Wildman–Crippen LogP) is 3.22. The lowest BCUT2D eigenvalue weighted by atomic mass is 9.92. The van der Waals surface area contributed by atoms with Crippen molar-refractivity contribution in [1.82, 2.24) is 10.2 Å². The summed E-state index contributed by atoms with van der Waals surface area (Å²) in [6.45, 7) is 9.19. The summed E-state index contributed by atoms with van der Waals surface area (Å²) >= 11 is 5.80. The molecule has 5 heteroatoms. The zero-order chi connectivity index (χ0) is 11.5. The largest absolute Gasteiger partial charge is 0.407 e. The SMILES string of the molecule is CC(Cl)c1nnc(NCCC(C)(C)C)o1. The summed E-state index contributed by atoms with van der Waals surface area (Å²) in [7, 11) is 0. The monoisotopic (exact) mass is 231 g/mol. The van der Waals surface area contributed by atoms with Crippen LogP contribution in [0.25, 0.3) is 0 Å². The molecule has 1 N–H and O–H groups in total. The van der Waals surface area contributed by atoms with Crippen LogP contribution in [-0.4, -0.2) is 16.7 Å². The Bertz CT molecular complexity index is 304. The van der Waals surface area contributed by atoms with Gasteiger partial charge in [0.25, 0.3) is 0 Å². The van der Waals surface area contributed by atoms with E-state index in [2.05, 4.69) is 36.3 Å². The minimum atomic E-state index is -0.240. The highest BCUT2D eigenvalue weighted by molar-refractivity contribution is 6.20. The third-order valence-corrected chi connectivity index (χ3v) is 2.12. The molecule has 0 spiro atoms. The van der Waals surface area contributed by atoms with Crippen LogP contribution in [0.3, 0.4) is 0 Å². The van der Waals surface area contributed by atoms with Crippen molar-refractivity contribution in [3.8, 4) is 0 Å². The highest BCUT2D eigenvalue weighted by atomic mass is 35.5. The number of hydrogen-bond acceptors (Lipinski definition) is 4. The minimum absolute atomic E-state index is 0.240. The first-order chi connectivity index (χ1) is 6.88. The van der Waals surface area contributed by atoms with Crippen LogP contribution in [0.4, 0.5) is 6.01 Å². The summed E-state index contributed by atoms with van der Waals surface area (Å²) in [5.74, 6) is 0.454. The molecule has 1 aromatic heterocycles. The second-order valence-corrected chi connectivity index (χ2v) is 5.45. The molecule has 1 aromatic rings. The number of nitrogens with zero attached hydrogens (tertiary/aromatic N) is 2. The van der Waals surface area contributed by atoms with E-state index in [-0.39, 0.29) is 5.38 Å². The lowest BCUT2D eigenvalue weighted by Crippen LogP contribution is -2.12. The van der Waals surface area contributed by atoms with Gasteiger partial charge >= 0.3 is 6.01 Å². The first-order valence-electron chi connectivity index (χ1n) is 5.10. The summed E-state index contributed by atoms with van der Waals surface area (Å²) in [4.78, 5) is 0. The van der Waals surface area contributed by atoms with Gasteiger partial charge in [-0.05, 0) is 18.8 Å². The zero-order valence-corrected chi connectivity index (χ0v) is 10.4. The van der Waals surface area contributed by atoms with Crippen molar-refractivity contribution in [3.05, 3.63) is 5.89 Å². The number of anilines is 1. The molecule has 0 fully saturated rings. The second kappa shape index (κ2) is 4.84. The molecule has 0 aliphatic rings. The summed E-state index contributed by atoms with van der Waals surface area (Å²) in [6.07, 6.45) is 1.04. The molecular weight excluding hydrogens is 214 g/mol. The van der Waals surface area contributed by atoms with E-state index < -0.39 is 0 Å². The first kappa shape index (κ1) is 12.3.